The molecule has 35 heavy (non-hydrogen) atoms. The number of hydrogen-bond acceptors (Lipinski definition) is 5. The second-order valence-electron chi connectivity index (χ2n) is 7.63. The summed E-state index contributed by atoms with van der Waals surface area (Å²) >= 11 is 0. The van der Waals surface area contributed by atoms with E-state index in [9.17, 15) is 22.8 Å². The fraction of sp³-hybridized carbons (Fsp3) is 0.125. The molecule has 2 heterocycles. The molecule has 0 aliphatic rings. The lowest BCUT2D eigenvalue weighted by Gasteiger charge is -2.11. The highest BCUT2D eigenvalue weighted by molar-refractivity contribution is 6.00. The Morgan fingerprint density at radius 2 is 1.74 bits per heavy atom. The minimum atomic E-state index is -4.45. The number of carbonyl (C=O) groups is 2. The Balaban J connectivity index is 1.50. The van der Waals surface area contributed by atoms with Crippen molar-refractivity contribution in [2.75, 3.05) is 10.6 Å². The summed E-state index contributed by atoms with van der Waals surface area (Å²) in [5, 5.41) is 12.2. The second kappa shape index (κ2) is 9.75. The lowest BCUT2D eigenvalue weighted by atomic mass is 10.1. The molecule has 4 aromatic rings. The van der Waals surface area contributed by atoms with E-state index in [1.807, 2.05) is 6.07 Å². The Bertz CT molecular complexity index is 1370. The maximum absolute atomic E-state index is 12.7. The standard InChI is InChI=1S/C24H19F3N6O2/c1-14(34)11-21-28-10-9-20(32-21)19-13-29-33-22(19)15-3-2-4-18(12-15)31-23(35)30-17-7-5-16(6-8-17)24(25,26)27/h2-10,12-13H,11H2,1H3,(H,29,33)(H2,30,31,35). The number of aromatic nitrogens is 4. The number of rotatable bonds is 6. The SMILES string of the molecule is CC(=O)Cc1nccc(-c2cn[nH]c2-c2cccc(NC(=O)Nc3ccc(C(F)(F)F)cc3)c2)n1. The third kappa shape index (κ3) is 5.88. The summed E-state index contributed by atoms with van der Waals surface area (Å²) in [6.45, 7) is 1.46. The molecule has 178 valence electrons. The van der Waals surface area contributed by atoms with Crippen molar-refractivity contribution in [3.63, 3.8) is 0 Å². The Morgan fingerprint density at radius 3 is 2.46 bits per heavy atom. The van der Waals surface area contributed by atoms with E-state index in [1.54, 1.807) is 36.7 Å². The number of alkyl halides is 3. The molecule has 4 rings (SSSR count). The van der Waals surface area contributed by atoms with Crippen LogP contribution in [0.3, 0.4) is 0 Å². The lowest BCUT2D eigenvalue weighted by molar-refractivity contribution is -0.137. The van der Waals surface area contributed by atoms with Crippen LogP contribution < -0.4 is 10.6 Å². The molecular weight excluding hydrogens is 461 g/mol. The van der Waals surface area contributed by atoms with Crippen molar-refractivity contribution in [1.29, 1.82) is 0 Å². The van der Waals surface area contributed by atoms with Gasteiger partial charge in [-0.25, -0.2) is 14.8 Å². The van der Waals surface area contributed by atoms with E-state index in [1.165, 1.54) is 19.1 Å². The highest BCUT2D eigenvalue weighted by atomic mass is 19.4. The summed E-state index contributed by atoms with van der Waals surface area (Å²) in [6.07, 6.45) is -1.16. The van der Waals surface area contributed by atoms with Gasteiger partial charge in [0.05, 0.1) is 29.6 Å². The minimum Gasteiger partial charge on any atom is -0.308 e. The maximum Gasteiger partial charge on any atom is 0.416 e. The molecule has 0 saturated carbocycles. The van der Waals surface area contributed by atoms with Gasteiger partial charge < -0.3 is 10.6 Å². The number of halogens is 3. The molecule has 0 fully saturated rings. The number of carbonyl (C=O) groups excluding carboxylic acids is 2. The number of benzene rings is 2. The molecule has 0 radical (unpaired) electrons. The van der Waals surface area contributed by atoms with Crippen molar-refractivity contribution in [2.45, 2.75) is 19.5 Å². The number of anilines is 2. The minimum absolute atomic E-state index is 0.0529. The summed E-state index contributed by atoms with van der Waals surface area (Å²) in [5.41, 5.74) is 2.48. The van der Waals surface area contributed by atoms with Gasteiger partial charge in [-0.15, -0.1) is 0 Å². The maximum atomic E-state index is 12.7. The largest absolute Gasteiger partial charge is 0.416 e. The first-order valence-corrected chi connectivity index (χ1v) is 10.4. The fourth-order valence-electron chi connectivity index (χ4n) is 3.35. The van der Waals surface area contributed by atoms with Gasteiger partial charge in [-0.1, -0.05) is 12.1 Å². The van der Waals surface area contributed by atoms with Crippen molar-refractivity contribution < 1.29 is 22.8 Å². The summed E-state index contributed by atoms with van der Waals surface area (Å²) in [6, 6.07) is 12.2. The predicted molar refractivity (Wildman–Crippen MR) is 124 cm³/mol. The molecule has 0 aliphatic carbocycles. The van der Waals surface area contributed by atoms with E-state index in [4.69, 9.17) is 0 Å². The van der Waals surface area contributed by atoms with Gasteiger partial charge in [0.15, 0.2) is 0 Å². The first-order chi connectivity index (χ1) is 16.7. The monoisotopic (exact) mass is 480 g/mol. The average molecular weight is 480 g/mol. The van der Waals surface area contributed by atoms with Crippen molar-refractivity contribution in [3.05, 3.63) is 78.4 Å². The molecule has 2 amide bonds. The Kier molecular flexibility index (Phi) is 6.58. The van der Waals surface area contributed by atoms with E-state index in [2.05, 4.69) is 30.8 Å². The average Bonchev–Trinajstić information content (AvgIpc) is 3.29. The molecule has 0 atom stereocenters. The van der Waals surface area contributed by atoms with Crippen LogP contribution in [0.2, 0.25) is 0 Å². The Labute approximate surface area is 197 Å². The van der Waals surface area contributed by atoms with Crippen LogP contribution in [0.4, 0.5) is 29.3 Å². The number of nitrogens with one attached hydrogen (secondary N) is 3. The second-order valence-corrected chi connectivity index (χ2v) is 7.63. The number of nitrogens with zero attached hydrogens (tertiary/aromatic N) is 3. The first-order valence-electron chi connectivity index (χ1n) is 10.4. The zero-order valence-electron chi connectivity index (χ0n) is 18.3. The highest BCUT2D eigenvalue weighted by Crippen LogP contribution is 2.31. The number of aromatic amines is 1. The summed E-state index contributed by atoms with van der Waals surface area (Å²) < 4.78 is 38.1. The van der Waals surface area contributed by atoms with Crippen LogP contribution in [-0.2, 0) is 17.4 Å². The van der Waals surface area contributed by atoms with Gasteiger partial charge in [0.2, 0.25) is 0 Å². The first kappa shape index (κ1) is 23.6. The highest BCUT2D eigenvalue weighted by Gasteiger charge is 2.30. The van der Waals surface area contributed by atoms with Crippen LogP contribution >= 0.6 is 0 Å². The number of amides is 2. The van der Waals surface area contributed by atoms with Gasteiger partial charge in [0, 0.05) is 28.7 Å². The van der Waals surface area contributed by atoms with E-state index in [0.29, 0.717) is 34.0 Å². The van der Waals surface area contributed by atoms with E-state index < -0.39 is 17.8 Å². The molecule has 8 nitrogen and oxygen atoms in total. The molecule has 2 aromatic carbocycles. The summed E-state index contributed by atoms with van der Waals surface area (Å²) in [7, 11) is 0. The smallest absolute Gasteiger partial charge is 0.308 e. The van der Waals surface area contributed by atoms with Crippen molar-refractivity contribution >= 4 is 23.2 Å². The van der Waals surface area contributed by atoms with Crippen LogP contribution in [-0.4, -0.2) is 32.0 Å². The van der Waals surface area contributed by atoms with E-state index >= 15 is 0 Å². The third-order valence-corrected chi connectivity index (χ3v) is 4.91. The predicted octanol–water partition coefficient (Wildman–Crippen LogP) is 5.33. The molecule has 0 unspecified atom stereocenters. The van der Waals surface area contributed by atoms with Crippen LogP contribution in [0.25, 0.3) is 22.5 Å². The van der Waals surface area contributed by atoms with Gasteiger partial charge in [-0.3, -0.25) is 9.89 Å². The van der Waals surface area contributed by atoms with Gasteiger partial charge in [0.25, 0.3) is 0 Å². The molecule has 0 aliphatic heterocycles. The lowest BCUT2D eigenvalue weighted by Crippen LogP contribution is -2.19. The molecule has 11 heteroatoms. The normalized spacial score (nSPS) is 11.2. The Morgan fingerprint density at radius 1 is 1.00 bits per heavy atom. The molecule has 3 N–H and O–H groups in total. The fourth-order valence-corrected chi connectivity index (χ4v) is 3.35. The van der Waals surface area contributed by atoms with E-state index in [-0.39, 0.29) is 17.9 Å². The summed E-state index contributed by atoms with van der Waals surface area (Å²) in [5.74, 6) is 0.348. The Hall–Kier alpha value is -4.54. The molecule has 0 saturated heterocycles. The molecule has 0 spiro atoms. The molecular formula is C24H19F3N6O2. The zero-order valence-corrected chi connectivity index (χ0v) is 18.3. The summed E-state index contributed by atoms with van der Waals surface area (Å²) in [4.78, 5) is 32.3. The molecule has 2 aromatic heterocycles. The van der Waals surface area contributed by atoms with Gasteiger partial charge in [0.1, 0.15) is 11.6 Å². The van der Waals surface area contributed by atoms with Crippen molar-refractivity contribution in [1.82, 2.24) is 20.2 Å². The van der Waals surface area contributed by atoms with Gasteiger partial charge in [-0.05, 0) is 49.4 Å². The van der Waals surface area contributed by atoms with Crippen LogP contribution in [0.5, 0.6) is 0 Å². The van der Waals surface area contributed by atoms with Crippen molar-refractivity contribution in [3.8, 4) is 22.5 Å². The van der Waals surface area contributed by atoms with Crippen LogP contribution in [0.1, 0.15) is 18.3 Å². The third-order valence-electron chi connectivity index (χ3n) is 4.91. The zero-order chi connectivity index (χ0) is 25.0. The van der Waals surface area contributed by atoms with Gasteiger partial charge >= 0.3 is 12.2 Å². The quantitative estimate of drug-likeness (QED) is 0.345. The van der Waals surface area contributed by atoms with Crippen molar-refractivity contribution in [2.24, 2.45) is 0 Å². The number of H-pyrrole nitrogens is 1. The van der Waals surface area contributed by atoms with Gasteiger partial charge in [-0.2, -0.15) is 18.3 Å². The van der Waals surface area contributed by atoms with Crippen LogP contribution in [0, 0.1) is 0 Å². The topological polar surface area (TPSA) is 113 Å². The number of hydrogen-bond donors (Lipinski definition) is 3. The number of Topliss-reactive ketones (excluding diaryl/α,β-unsaturated/α-hetero) is 1. The number of ketones is 1. The van der Waals surface area contributed by atoms with Crippen LogP contribution in [0.15, 0.2) is 67.0 Å². The van der Waals surface area contributed by atoms with E-state index in [0.717, 1.165) is 12.1 Å². The molecule has 0 bridgehead atoms. The number of urea groups is 1.